The number of para-hydroxylation sites is 4. The summed E-state index contributed by atoms with van der Waals surface area (Å²) in [5, 5.41) is 2.56. The lowest BCUT2D eigenvalue weighted by Crippen LogP contribution is -2.33. The van der Waals surface area contributed by atoms with Crippen LogP contribution in [0.3, 0.4) is 0 Å². The topological polar surface area (TPSA) is 8.17 Å². The molecule has 1 aliphatic heterocycles. The van der Waals surface area contributed by atoms with E-state index in [0.29, 0.717) is 0 Å². The summed E-state index contributed by atoms with van der Waals surface area (Å²) in [7, 11) is 0. The first-order valence-corrected chi connectivity index (χ1v) is 21.9. The van der Waals surface area contributed by atoms with Crippen LogP contribution in [0.4, 0.5) is 17.1 Å². The van der Waals surface area contributed by atoms with Gasteiger partial charge in [-0.15, -0.1) is 0 Å². The largest absolute Gasteiger partial charge is 0.309 e. The maximum Gasteiger partial charge on any atom is 0.0755 e. The number of aromatic nitrogens is 1. The molecule has 1 unspecified atom stereocenters. The van der Waals surface area contributed by atoms with Gasteiger partial charge in [0, 0.05) is 27.6 Å². The zero-order valence-electron chi connectivity index (χ0n) is 34.5. The number of anilines is 3. The minimum atomic E-state index is -0.557. The van der Waals surface area contributed by atoms with E-state index in [0.717, 1.165) is 17.1 Å². The van der Waals surface area contributed by atoms with Gasteiger partial charge in [0.25, 0.3) is 0 Å². The molecule has 1 atom stereocenters. The van der Waals surface area contributed by atoms with Gasteiger partial charge in [-0.2, -0.15) is 0 Å². The average Bonchev–Trinajstić information content (AvgIpc) is 3.86. The summed E-state index contributed by atoms with van der Waals surface area (Å²) in [6.07, 6.45) is 0. The van der Waals surface area contributed by atoms with Crippen LogP contribution in [-0.4, -0.2) is 4.57 Å². The zero-order chi connectivity index (χ0) is 41.5. The third-order valence-electron chi connectivity index (χ3n) is 13.6. The fraction of sp³-hybridized carbons (Fsp3) is 0.0164. The predicted octanol–water partition coefficient (Wildman–Crippen LogP) is 15.9. The summed E-state index contributed by atoms with van der Waals surface area (Å²) in [6, 6.07) is 89.5. The summed E-state index contributed by atoms with van der Waals surface area (Å²) in [6.45, 7) is 0. The SMILES string of the molecule is c1ccc(-c2ccccc2-c2ccc(N(c3ccccc3-c3ccccc3)c3cccc4c3-c3ccccc3C43c4ccccc4-n4c5ccccc5c5cccc3c54)cc2)cc1. The van der Waals surface area contributed by atoms with Crippen LogP contribution in [0.5, 0.6) is 0 Å². The standard InChI is InChI=1S/C61H40N2/c1-3-19-41(20-4-1)45-23-7-8-24-46(45)43-37-39-44(40-38-43)62(55-33-14-10-25-47(55)42-21-5-2-6-22-42)58-36-18-31-53-59(58)50-27-9-12-29-51(50)61(53)52-30-13-16-35-57(52)63-56-34-15-11-26-48(56)49-28-17-32-54(61)60(49)63/h1-40H. The van der Waals surface area contributed by atoms with Crippen molar-refractivity contribution in [2.24, 2.45) is 0 Å². The van der Waals surface area contributed by atoms with Crippen LogP contribution in [-0.2, 0) is 5.41 Å². The van der Waals surface area contributed by atoms with Crippen molar-refractivity contribution in [2.75, 3.05) is 4.90 Å². The molecule has 0 N–H and O–H groups in total. The van der Waals surface area contributed by atoms with E-state index in [2.05, 4.69) is 252 Å². The highest BCUT2D eigenvalue weighted by atomic mass is 15.1. The third kappa shape index (κ3) is 5.07. The van der Waals surface area contributed by atoms with Crippen LogP contribution < -0.4 is 4.90 Å². The van der Waals surface area contributed by atoms with Gasteiger partial charge < -0.3 is 9.47 Å². The Kier molecular flexibility index (Phi) is 7.85. The Labute approximate surface area is 367 Å². The Bertz CT molecular complexity index is 3560. The smallest absolute Gasteiger partial charge is 0.0755 e. The van der Waals surface area contributed by atoms with Gasteiger partial charge in [-0.05, 0) is 92.0 Å². The molecule has 13 rings (SSSR count). The molecule has 11 aromatic rings. The molecule has 1 aliphatic carbocycles. The average molecular weight is 801 g/mol. The van der Waals surface area contributed by atoms with E-state index in [9.17, 15) is 0 Å². The van der Waals surface area contributed by atoms with Gasteiger partial charge in [-0.25, -0.2) is 0 Å². The zero-order valence-corrected chi connectivity index (χ0v) is 34.5. The fourth-order valence-corrected chi connectivity index (χ4v) is 11.1. The van der Waals surface area contributed by atoms with Crippen LogP contribution >= 0.6 is 0 Å². The first-order valence-electron chi connectivity index (χ1n) is 21.9. The Morgan fingerprint density at radius 1 is 0.317 bits per heavy atom. The quantitative estimate of drug-likeness (QED) is 0.163. The van der Waals surface area contributed by atoms with Gasteiger partial charge in [-0.1, -0.05) is 206 Å². The highest BCUT2D eigenvalue weighted by Crippen LogP contribution is 2.63. The van der Waals surface area contributed by atoms with Gasteiger partial charge in [0.05, 0.1) is 33.5 Å². The van der Waals surface area contributed by atoms with Crippen LogP contribution in [0.2, 0.25) is 0 Å². The maximum atomic E-state index is 2.52. The third-order valence-corrected chi connectivity index (χ3v) is 13.6. The first kappa shape index (κ1) is 35.5. The molecule has 2 heteroatoms. The van der Waals surface area contributed by atoms with Crippen LogP contribution in [0.25, 0.3) is 72.0 Å². The van der Waals surface area contributed by atoms with E-state index < -0.39 is 5.41 Å². The van der Waals surface area contributed by atoms with Gasteiger partial charge in [0.15, 0.2) is 0 Å². The molecular formula is C61H40N2. The van der Waals surface area contributed by atoms with E-state index in [1.54, 1.807) is 0 Å². The Morgan fingerprint density at radius 2 is 0.825 bits per heavy atom. The summed E-state index contributed by atoms with van der Waals surface area (Å²) in [4.78, 5) is 2.51. The van der Waals surface area contributed by atoms with Gasteiger partial charge in [0.2, 0.25) is 0 Å². The molecule has 294 valence electrons. The van der Waals surface area contributed by atoms with E-state index >= 15 is 0 Å². The van der Waals surface area contributed by atoms with Gasteiger partial charge in [0.1, 0.15) is 0 Å². The molecule has 0 amide bonds. The van der Waals surface area contributed by atoms with Gasteiger partial charge in [-0.3, -0.25) is 0 Å². The lowest BCUT2D eigenvalue weighted by atomic mass is 9.65. The number of rotatable bonds is 6. The number of hydrogen-bond acceptors (Lipinski definition) is 1. The lowest BCUT2D eigenvalue weighted by molar-refractivity contribution is 0.748. The van der Waals surface area contributed by atoms with Crippen molar-refractivity contribution < 1.29 is 0 Å². The molecule has 63 heavy (non-hydrogen) atoms. The second-order valence-electron chi connectivity index (χ2n) is 16.7. The fourth-order valence-electron chi connectivity index (χ4n) is 11.1. The Hall–Kier alpha value is -8.20. The molecule has 0 bridgehead atoms. The molecule has 0 radical (unpaired) electrons. The molecule has 2 heterocycles. The van der Waals surface area contributed by atoms with E-state index in [1.165, 1.54) is 94.3 Å². The number of benzene rings is 10. The summed E-state index contributed by atoms with van der Waals surface area (Å²) >= 11 is 0. The van der Waals surface area contributed by atoms with Crippen molar-refractivity contribution in [3.63, 3.8) is 0 Å². The number of hydrogen-bond donors (Lipinski definition) is 0. The highest BCUT2D eigenvalue weighted by molar-refractivity contribution is 6.13. The van der Waals surface area contributed by atoms with E-state index in [-0.39, 0.29) is 0 Å². The molecule has 2 aliphatic rings. The summed E-state index contributed by atoms with van der Waals surface area (Å²) < 4.78 is 2.52. The van der Waals surface area contributed by atoms with Crippen LogP contribution in [0, 0.1) is 0 Å². The minimum absolute atomic E-state index is 0.557. The Morgan fingerprint density at radius 3 is 1.59 bits per heavy atom. The van der Waals surface area contributed by atoms with E-state index in [4.69, 9.17) is 0 Å². The normalized spacial score (nSPS) is 14.4. The second-order valence-corrected chi connectivity index (χ2v) is 16.7. The molecule has 10 aromatic carbocycles. The van der Waals surface area contributed by atoms with Crippen molar-refractivity contribution in [1.82, 2.24) is 4.57 Å². The van der Waals surface area contributed by atoms with Crippen molar-refractivity contribution in [3.8, 4) is 50.2 Å². The predicted molar refractivity (Wildman–Crippen MR) is 263 cm³/mol. The van der Waals surface area contributed by atoms with Crippen LogP contribution in [0.1, 0.15) is 22.3 Å². The minimum Gasteiger partial charge on any atom is -0.309 e. The summed E-state index contributed by atoms with van der Waals surface area (Å²) in [5.41, 5.74) is 21.5. The van der Waals surface area contributed by atoms with Crippen molar-refractivity contribution in [1.29, 1.82) is 0 Å². The Balaban J connectivity index is 1.09. The molecule has 0 saturated carbocycles. The molecule has 1 spiro atoms. The molecule has 2 nitrogen and oxygen atoms in total. The van der Waals surface area contributed by atoms with Crippen molar-refractivity contribution in [3.05, 3.63) is 265 Å². The molecular weight excluding hydrogens is 761 g/mol. The van der Waals surface area contributed by atoms with Crippen molar-refractivity contribution in [2.45, 2.75) is 5.41 Å². The maximum absolute atomic E-state index is 2.52. The second kappa shape index (κ2) is 13.9. The first-order chi connectivity index (χ1) is 31.3. The molecule has 0 saturated heterocycles. The lowest BCUT2D eigenvalue weighted by Gasteiger charge is -2.39. The number of fused-ring (bicyclic) bond motifs is 12. The number of nitrogens with zero attached hydrogens (tertiary/aromatic N) is 2. The monoisotopic (exact) mass is 800 g/mol. The highest BCUT2D eigenvalue weighted by Gasteiger charge is 2.51. The molecule has 1 aromatic heterocycles. The van der Waals surface area contributed by atoms with E-state index in [1.807, 2.05) is 0 Å². The van der Waals surface area contributed by atoms with Gasteiger partial charge >= 0.3 is 0 Å². The molecule has 0 fully saturated rings. The van der Waals surface area contributed by atoms with Crippen LogP contribution in [0.15, 0.2) is 243 Å². The summed E-state index contributed by atoms with van der Waals surface area (Å²) in [5.74, 6) is 0. The van der Waals surface area contributed by atoms with Crippen molar-refractivity contribution >= 4 is 38.9 Å².